The SMILES string of the molecule is CN(Cc1cnn(C)c1)C(=O)CSCC(O)c1ccccc1. The number of nitrogens with zero attached hydrogens (tertiary/aromatic N) is 3. The fourth-order valence-electron chi connectivity index (χ4n) is 2.06. The topological polar surface area (TPSA) is 58.4 Å². The molecular formula is C16H21N3O2S. The van der Waals surface area contributed by atoms with Crippen LogP contribution in [-0.4, -0.2) is 44.2 Å². The van der Waals surface area contributed by atoms with Crippen molar-refractivity contribution in [3.63, 3.8) is 0 Å². The quantitative estimate of drug-likeness (QED) is 0.846. The summed E-state index contributed by atoms with van der Waals surface area (Å²) in [6, 6.07) is 9.50. The van der Waals surface area contributed by atoms with Crippen LogP contribution in [0.15, 0.2) is 42.7 Å². The monoisotopic (exact) mass is 319 g/mol. The predicted octanol–water partition coefficient (Wildman–Crippen LogP) is 1.85. The van der Waals surface area contributed by atoms with Crippen LogP contribution < -0.4 is 0 Å². The van der Waals surface area contributed by atoms with Gasteiger partial charge in [-0.25, -0.2) is 0 Å². The van der Waals surface area contributed by atoms with Crippen molar-refractivity contribution in [2.24, 2.45) is 7.05 Å². The van der Waals surface area contributed by atoms with Crippen molar-refractivity contribution in [2.75, 3.05) is 18.6 Å². The molecule has 2 rings (SSSR count). The van der Waals surface area contributed by atoms with Crippen LogP contribution in [0.3, 0.4) is 0 Å². The first kappa shape index (κ1) is 16.6. The van der Waals surface area contributed by atoms with Gasteiger partial charge >= 0.3 is 0 Å². The van der Waals surface area contributed by atoms with E-state index in [0.717, 1.165) is 11.1 Å². The number of amides is 1. The number of carbonyl (C=O) groups is 1. The fourth-order valence-corrected chi connectivity index (χ4v) is 2.98. The molecule has 1 amide bonds. The number of aryl methyl sites for hydroxylation is 1. The molecule has 0 aliphatic rings. The summed E-state index contributed by atoms with van der Waals surface area (Å²) >= 11 is 1.45. The highest BCUT2D eigenvalue weighted by Crippen LogP contribution is 2.18. The first-order valence-electron chi connectivity index (χ1n) is 7.08. The van der Waals surface area contributed by atoms with Gasteiger partial charge in [0.15, 0.2) is 0 Å². The first-order chi connectivity index (χ1) is 10.6. The van der Waals surface area contributed by atoms with Gasteiger partial charge in [-0.05, 0) is 5.56 Å². The lowest BCUT2D eigenvalue weighted by molar-refractivity contribution is -0.127. The lowest BCUT2D eigenvalue weighted by Crippen LogP contribution is -2.28. The second kappa shape index (κ2) is 8.00. The summed E-state index contributed by atoms with van der Waals surface area (Å²) in [5.74, 6) is 0.922. The Morgan fingerprint density at radius 3 is 2.77 bits per heavy atom. The number of aliphatic hydroxyl groups excluding tert-OH is 1. The Bertz CT molecular complexity index is 600. The summed E-state index contributed by atoms with van der Waals surface area (Å²) in [6.07, 6.45) is 3.12. The van der Waals surface area contributed by atoms with Crippen LogP contribution in [0.5, 0.6) is 0 Å². The van der Waals surface area contributed by atoms with Crippen LogP contribution in [0.25, 0.3) is 0 Å². The number of aliphatic hydroxyl groups is 1. The summed E-state index contributed by atoms with van der Waals surface area (Å²) in [6.45, 7) is 0.550. The van der Waals surface area contributed by atoms with Gasteiger partial charge in [0.1, 0.15) is 0 Å². The molecule has 0 saturated heterocycles. The molecule has 0 fully saturated rings. The normalized spacial score (nSPS) is 12.1. The third-order valence-corrected chi connectivity index (χ3v) is 4.29. The molecule has 1 unspecified atom stereocenters. The Morgan fingerprint density at radius 2 is 2.14 bits per heavy atom. The molecule has 0 spiro atoms. The molecule has 22 heavy (non-hydrogen) atoms. The average molecular weight is 319 g/mol. The number of benzene rings is 1. The lowest BCUT2D eigenvalue weighted by Gasteiger charge is -2.16. The smallest absolute Gasteiger partial charge is 0.232 e. The summed E-state index contributed by atoms with van der Waals surface area (Å²) in [5.41, 5.74) is 1.89. The molecular weight excluding hydrogens is 298 g/mol. The second-order valence-electron chi connectivity index (χ2n) is 5.21. The number of thioether (sulfide) groups is 1. The Labute approximate surface area is 134 Å². The number of hydrogen-bond acceptors (Lipinski definition) is 4. The molecule has 0 saturated carbocycles. The zero-order valence-electron chi connectivity index (χ0n) is 12.8. The minimum absolute atomic E-state index is 0.0501. The third kappa shape index (κ3) is 4.89. The van der Waals surface area contributed by atoms with Crippen LogP contribution >= 0.6 is 11.8 Å². The van der Waals surface area contributed by atoms with Crippen LogP contribution in [0.4, 0.5) is 0 Å². The maximum Gasteiger partial charge on any atom is 0.232 e. The lowest BCUT2D eigenvalue weighted by atomic mass is 10.1. The molecule has 6 heteroatoms. The number of aromatic nitrogens is 2. The minimum Gasteiger partial charge on any atom is -0.388 e. The third-order valence-electron chi connectivity index (χ3n) is 3.29. The fraction of sp³-hybridized carbons (Fsp3) is 0.375. The van der Waals surface area contributed by atoms with Crippen molar-refractivity contribution in [1.29, 1.82) is 0 Å². The van der Waals surface area contributed by atoms with E-state index in [4.69, 9.17) is 0 Å². The van der Waals surface area contributed by atoms with Gasteiger partial charge in [-0.2, -0.15) is 5.10 Å². The summed E-state index contributed by atoms with van der Waals surface area (Å²) < 4.78 is 1.72. The molecule has 1 heterocycles. The molecule has 0 bridgehead atoms. The number of carbonyl (C=O) groups excluding carboxylic acids is 1. The molecule has 5 nitrogen and oxygen atoms in total. The van der Waals surface area contributed by atoms with E-state index in [1.165, 1.54) is 11.8 Å². The van der Waals surface area contributed by atoms with E-state index in [2.05, 4.69) is 5.10 Å². The van der Waals surface area contributed by atoms with Gasteiger partial charge in [0.05, 0.1) is 18.1 Å². The molecule has 1 aromatic heterocycles. The molecule has 0 aliphatic carbocycles. The largest absolute Gasteiger partial charge is 0.388 e. The number of hydrogen-bond donors (Lipinski definition) is 1. The van der Waals surface area contributed by atoms with E-state index in [1.807, 2.05) is 43.6 Å². The van der Waals surface area contributed by atoms with E-state index in [9.17, 15) is 9.90 Å². The average Bonchev–Trinajstić information content (AvgIpc) is 2.93. The maximum atomic E-state index is 12.1. The van der Waals surface area contributed by atoms with Crippen LogP contribution in [0.1, 0.15) is 17.2 Å². The zero-order chi connectivity index (χ0) is 15.9. The standard InChI is InChI=1S/C16H21N3O2S/c1-18(9-13-8-17-19(2)10-13)16(21)12-22-11-15(20)14-6-4-3-5-7-14/h3-8,10,15,20H,9,11-12H2,1-2H3. The van der Waals surface area contributed by atoms with E-state index < -0.39 is 6.10 Å². The summed E-state index contributed by atoms with van der Waals surface area (Å²) in [5, 5.41) is 14.1. The molecule has 1 aromatic carbocycles. The van der Waals surface area contributed by atoms with Gasteiger partial charge in [0.25, 0.3) is 0 Å². The van der Waals surface area contributed by atoms with Gasteiger partial charge in [-0.15, -0.1) is 11.8 Å². The first-order valence-corrected chi connectivity index (χ1v) is 8.24. The van der Waals surface area contributed by atoms with E-state index in [0.29, 0.717) is 18.1 Å². The molecule has 0 aliphatic heterocycles. The zero-order valence-corrected chi connectivity index (χ0v) is 13.7. The summed E-state index contributed by atoms with van der Waals surface area (Å²) in [7, 11) is 3.63. The Hall–Kier alpha value is -1.79. The van der Waals surface area contributed by atoms with E-state index in [-0.39, 0.29) is 5.91 Å². The highest BCUT2D eigenvalue weighted by Gasteiger charge is 2.12. The molecule has 118 valence electrons. The molecule has 1 N–H and O–H groups in total. The van der Waals surface area contributed by atoms with Crippen LogP contribution in [-0.2, 0) is 18.4 Å². The van der Waals surface area contributed by atoms with Crippen molar-refractivity contribution in [2.45, 2.75) is 12.6 Å². The highest BCUT2D eigenvalue weighted by atomic mass is 32.2. The molecule has 2 aromatic rings. The Kier molecular flexibility index (Phi) is 6.03. The van der Waals surface area contributed by atoms with Crippen LogP contribution in [0, 0.1) is 0 Å². The van der Waals surface area contributed by atoms with E-state index in [1.54, 1.807) is 22.8 Å². The van der Waals surface area contributed by atoms with Crippen molar-refractivity contribution < 1.29 is 9.90 Å². The van der Waals surface area contributed by atoms with Crippen molar-refractivity contribution in [3.8, 4) is 0 Å². The Balaban J connectivity index is 1.73. The van der Waals surface area contributed by atoms with Gasteiger partial charge in [0.2, 0.25) is 5.91 Å². The second-order valence-corrected chi connectivity index (χ2v) is 6.24. The maximum absolute atomic E-state index is 12.1. The molecule has 1 atom stereocenters. The summed E-state index contributed by atoms with van der Waals surface area (Å²) in [4.78, 5) is 13.7. The van der Waals surface area contributed by atoms with Crippen molar-refractivity contribution in [3.05, 3.63) is 53.9 Å². The minimum atomic E-state index is -0.539. The Morgan fingerprint density at radius 1 is 1.41 bits per heavy atom. The van der Waals surface area contributed by atoms with Crippen LogP contribution in [0.2, 0.25) is 0 Å². The van der Waals surface area contributed by atoms with Crippen molar-refractivity contribution >= 4 is 17.7 Å². The van der Waals surface area contributed by atoms with Crippen molar-refractivity contribution in [1.82, 2.24) is 14.7 Å². The van der Waals surface area contributed by atoms with E-state index >= 15 is 0 Å². The van der Waals surface area contributed by atoms with Gasteiger partial charge in [-0.1, -0.05) is 30.3 Å². The molecule has 0 radical (unpaired) electrons. The highest BCUT2D eigenvalue weighted by molar-refractivity contribution is 7.99. The van der Waals surface area contributed by atoms with Gasteiger partial charge < -0.3 is 10.0 Å². The number of rotatable bonds is 7. The predicted molar refractivity (Wildman–Crippen MR) is 88.4 cm³/mol. The van der Waals surface area contributed by atoms with Gasteiger partial charge in [0, 0.05) is 38.2 Å². The van der Waals surface area contributed by atoms with Gasteiger partial charge in [-0.3, -0.25) is 9.48 Å².